The molecule has 176 valence electrons. The lowest BCUT2D eigenvalue weighted by molar-refractivity contribution is -0.384. The molecule has 9 nitrogen and oxygen atoms in total. The van der Waals surface area contributed by atoms with Crippen molar-refractivity contribution in [3.63, 3.8) is 0 Å². The molecule has 3 rings (SSSR count). The Balaban J connectivity index is 1.77. The maximum atomic E-state index is 13.6. The van der Waals surface area contributed by atoms with Crippen LogP contribution >= 0.6 is 11.6 Å². The fourth-order valence-electron chi connectivity index (χ4n) is 3.93. The molecule has 1 aliphatic rings. The molecular weight excluding hydrogens is 472 g/mol. The summed E-state index contributed by atoms with van der Waals surface area (Å²) in [5.74, 6) is -1.74. The second-order valence-corrected chi connectivity index (χ2v) is 10.7. The average molecular weight is 495 g/mol. The maximum absolute atomic E-state index is 13.6. The Labute approximate surface area is 196 Å². The van der Waals surface area contributed by atoms with Crippen molar-refractivity contribution < 1.29 is 27.7 Å². The zero-order valence-electron chi connectivity index (χ0n) is 18.1. The minimum Gasteiger partial charge on any atom is -0.454 e. The Morgan fingerprint density at radius 3 is 2.45 bits per heavy atom. The number of anilines is 1. The van der Waals surface area contributed by atoms with Gasteiger partial charge in [0.05, 0.1) is 9.82 Å². The predicted molar refractivity (Wildman–Crippen MR) is 122 cm³/mol. The zero-order valence-corrected chi connectivity index (χ0v) is 19.7. The van der Waals surface area contributed by atoms with E-state index in [0.29, 0.717) is 18.4 Å². The van der Waals surface area contributed by atoms with E-state index in [1.807, 2.05) is 0 Å². The smallest absolute Gasteiger partial charge is 0.328 e. The highest BCUT2D eigenvalue weighted by molar-refractivity contribution is 7.93. The number of sulfone groups is 1. The molecule has 1 N–H and O–H groups in total. The predicted octanol–water partition coefficient (Wildman–Crippen LogP) is 4.13. The Morgan fingerprint density at radius 1 is 1.15 bits per heavy atom. The summed E-state index contributed by atoms with van der Waals surface area (Å²) < 4.78 is 30.5. The third-order valence-electron chi connectivity index (χ3n) is 5.69. The number of hydrogen-bond donors (Lipinski definition) is 1. The quantitative estimate of drug-likeness (QED) is 0.347. The minimum absolute atomic E-state index is 0.0827. The number of nitrogens with zero attached hydrogens (tertiary/aromatic N) is 1. The normalized spacial score (nSPS) is 15.1. The summed E-state index contributed by atoms with van der Waals surface area (Å²) in [5.41, 5.74) is 0.973. The molecule has 0 unspecified atom stereocenters. The van der Waals surface area contributed by atoms with E-state index in [0.717, 1.165) is 11.6 Å². The second kappa shape index (κ2) is 9.48. The van der Waals surface area contributed by atoms with Gasteiger partial charge in [-0.25, -0.2) is 8.42 Å². The van der Waals surface area contributed by atoms with Gasteiger partial charge in [-0.2, -0.15) is 0 Å². The lowest BCUT2D eigenvalue weighted by atomic mass is 10.1. The Kier molecular flexibility index (Phi) is 7.08. The molecule has 1 aliphatic carbocycles. The molecule has 0 heterocycles. The minimum atomic E-state index is -4.08. The van der Waals surface area contributed by atoms with E-state index >= 15 is 0 Å². The lowest BCUT2D eigenvalue weighted by Gasteiger charge is -2.27. The first-order valence-corrected chi connectivity index (χ1v) is 12.1. The summed E-state index contributed by atoms with van der Waals surface area (Å²) in [6, 6.07) is 8.71. The molecule has 2 aromatic carbocycles. The van der Waals surface area contributed by atoms with Crippen molar-refractivity contribution in [3.05, 3.63) is 62.7 Å². The van der Waals surface area contributed by atoms with E-state index in [2.05, 4.69) is 5.32 Å². The molecule has 0 saturated heterocycles. The number of nitro benzene ring substituents is 1. The van der Waals surface area contributed by atoms with Gasteiger partial charge in [0, 0.05) is 11.8 Å². The SMILES string of the molecule is Cc1ccc(C)c(S(=O)(=O)C2(C(=O)OCC(=O)Nc3ccc(Cl)c([N+](=O)[O-])c3)CCCC2)c1. The van der Waals surface area contributed by atoms with E-state index in [1.54, 1.807) is 26.0 Å². The molecule has 2 aromatic rings. The van der Waals surface area contributed by atoms with Gasteiger partial charge in [-0.3, -0.25) is 19.7 Å². The lowest BCUT2D eigenvalue weighted by Crippen LogP contribution is -2.46. The summed E-state index contributed by atoms with van der Waals surface area (Å²) in [7, 11) is -4.08. The van der Waals surface area contributed by atoms with Gasteiger partial charge in [-0.05, 0) is 56.0 Å². The molecule has 0 aliphatic heterocycles. The monoisotopic (exact) mass is 494 g/mol. The number of nitrogens with one attached hydrogen (secondary N) is 1. The van der Waals surface area contributed by atoms with Gasteiger partial charge in [0.15, 0.2) is 21.2 Å². The van der Waals surface area contributed by atoms with E-state index in [-0.39, 0.29) is 28.4 Å². The standard InChI is InChI=1S/C22H23ClN2O7S/c1-14-5-6-15(2)19(11-14)33(30,31)22(9-3-4-10-22)21(27)32-13-20(26)24-16-7-8-17(23)18(12-16)25(28)29/h5-8,11-12H,3-4,9-10,13H2,1-2H3,(H,24,26). The van der Waals surface area contributed by atoms with Crippen LogP contribution in [0.15, 0.2) is 41.3 Å². The summed E-state index contributed by atoms with van der Waals surface area (Å²) in [5, 5.41) is 13.3. The summed E-state index contributed by atoms with van der Waals surface area (Å²) in [6.45, 7) is 2.70. The molecule has 0 radical (unpaired) electrons. The third kappa shape index (κ3) is 4.86. The topological polar surface area (TPSA) is 133 Å². The molecule has 0 spiro atoms. The van der Waals surface area contributed by atoms with Gasteiger partial charge in [-0.15, -0.1) is 0 Å². The fraction of sp³-hybridized carbons (Fsp3) is 0.364. The summed E-state index contributed by atoms with van der Waals surface area (Å²) in [4.78, 5) is 35.7. The molecule has 1 amide bonds. The van der Waals surface area contributed by atoms with Crippen LogP contribution in [0.3, 0.4) is 0 Å². The van der Waals surface area contributed by atoms with Crippen molar-refractivity contribution in [2.75, 3.05) is 11.9 Å². The van der Waals surface area contributed by atoms with Gasteiger partial charge >= 0.3 is 5.97 Å². The van der Waals surface area contributed by atoms with Gasteiger partial charge < -0.3 is 10.1 Å². The van der Waals surface area contributed by atoms with Crippen molar-refractivity contribution in [3.8, 4) is 0 Å². The molecule has 0 bridgehead atoms. The number of ether oxygens (including phenoxy) is 1. The van der Waals surface area contributed by atoms with Crippen LogP contribution < -0.4 is 5.32 Å². The van der Waals surface area contributed by atoms with Gasteiger partial charge in [0.2, 0.25) is 0 Å². The number of rotatable bonds is 7. The van der Waals surface area contributed by atoms with Crippen LogP contribution in [0.2, 0.25) is 5.02 Å². The maximum Gasteiger partial charge on any atom is 0.328 e. The summed E-state index contributed by atoms with van der Waals surface area (Å²) >= 11 is 5.75. The van der Waals surface area contributed by atoms with Crippen LogP contribution in [-0.4, -0.2) is 36.6 Å². The first-order valence-electron chi connectivity index (χ1n) is 10.2. The Morgan fingerprint density at radius 2 is 1.82 bits per heavy atom. The van der Waals surface area contributed by atoms with Gasteiger partial charge in [-0.1, -0.05) is 36.6 Å². The van der Waals surface area contributed by atoms with Crippen molar-refractivity contribution in [1.29, 1.82) is 0 Å². The van der Waals surface area contributed by atoms with Crippen LogP contribution in [0.1, 0.15) is 36.8 Å². The molecule has 0 aromatic heterocycles. The molecule has 11 heteroatoms. The van der Waals surface area contributed by atoms with Crippen molar-refractivity contribution in [2.45, 2.75) is 49.2 Å². The Bertz CT molecular complexity index is 1220. The Hall–Kier alpha value is -2.98. The molecule has 0 atom stereocenters. The average Bonchev–Trinajstić information content (AvgIpc) is 3.27. The number of carbonyl (C=O) groups is 2. The highest BCUT2D eigenvalue weighted by Gasteiger charge is 2.54. The molecule has 1 saturated carbocycles. The van der Waals surface area contributed by atoms with Crippen LogP contribution in [0.4, 0.5) is 11.4 Å². The number of carbonyl (C=O) groups excluding carboxylic acids is 2. The van der Waals surface area contributed by atoms with Gasteiger partial charge in [0.1, 0.15) is 5.02 Å². The largest absolute Gasteiger partial charge is 0.454 e. The second-order valence-electron chi connectivity index (χ2n) is 8.02. The number of hydrogen-bond acceptors (Lipinski definition) is 7. The van der Waals surface area contributed by atoms with Crippen molar-refractivity contribution in [2.24, 2.45) is 0 Å². The van der Waals surface area contributed by atoms with E-state index in [4.69, 9.17) is 16.3 Å². The number of halogens is 1. The van der Waals surface area contributed by atoms with E-state index < -0.39 is 43.7 Å². The van der Waals surface area contributed by atoms with Crippen molar-refractivity contribution in [1.82, 2.24) is 0 Å². The van der Waals surface area contributed by atoms with Crippen LogP contribution in [0, 0.1) is 24.0 Å². The fourth-order valence-corrected chi connectivity index (χ4v) is 6.47. The van der Waals surface area contributed by atoms with Crippen LogP contribution in [0.5, 0.6) is 0 Å². The number of aryl methyl sites for hydroxylation is 2. The highest BCUT2D eigenvalue weighted by Crippen LogP contribution is 2.42. The number of esters is 1. The number of nitro groups is 1. The molecular formula is C22H23ClN2O7S. The molecule has 1 fully saturated rings. The highest BCUT2D eigenvalue weighted by atomic mass is 35.5. The third-order valence-corrected chi connectivity index (χ3v) is 8.63. The first-order chi connectivity index (χ1) is 15.5. The number of amides is 1. The van der Waals surface area contributed by atoms with Crippen molar-refractivity contribution >= 4 is 44.7 Å². The van der Waals surface area contributed by atoms with E-state index in [9.17, 15) is 28.1 Å². The van der Waals surface area contributed by atoms with Gasteiger partial charge in [0.25, 0.3) is 11.6 Å². The van der Waals surface area contributed by atoms with Crippen LogP contribution in [0.25, 0.3) is 0 Å². The molecule has 33 heavy (non-hydrogen) atoms. The van der Waals surface area contributed by atoms with Crippen LogP contribution in [-0.2, 0) is 24.2 Å². The zero-order chi connectivity index (χ0) is 24.4. The number of benzene rings is 2. The summed E-state index contributed by atoms with van der Waals surface area (Å²) in [6.07, 6.45) is 1.29. The van der Waals surface area contributed by atoms with E-state index in [1.165, 1.54) is 18.2 Å². The first kappa shape index (κ1) is 24.7.